The number of anilines is 1. The van der Waals surface area contributed by atoms with Gasteiger partial charge in [0.05, 0.1) is 43.4 Å². The highest BCUT2D eigenvalue weighted by atomic mass is 79.9. The van der Waals surface area contributed by atoms with Crippen LogP contribution in [0.5, 0.6) is 11.5 Å². The summed E-state index contributed by atoms with van der Waals surface area (Å²) in [7, 11) is -2.62. The van der Waals surface area contributed by atoms with Crippen LogP contribution in [0.4, 0.5) is 5.69 Å². The Morgan fingerprint density at radius 1 is 0.952 bits per heavy atom. The van der Waals surface area contributed by atoms with E-state index in [9.17, 15) is 13.2 Å². The zero-order valence-corrected chi connectivity index (χ0v) is 26.6. The van der Waals surface area contributed by atoms with Crippen molar-refractivity contribution in [1.29, 1.82) is 0 Å². The number of methoxy groups -OCH3 is 1. The van der Waals surface area contributed by atoms with E-state index in [4.69, 9.17) is 44.3 Å². The largest absolute Gasteiger partial charge is 0.493 e. The van der Waals surface area contributed by atoms with Crippen LogP contribution < -0.4 is 19.2 Å². The topological polar surface area (TPSA) is 97.3 Å². The lowest BCUT2D eigenvalue weighted by Gasteiger charge is -2.24. The minimum Gasteiger partial charge on any atom is -0.493 e. The number of hydrogen-bond acceptors (Lipinski definition) is 6. The van der Waals surface area contributed by atoms with E-state index < -0.39 is 22.5 Å². The number of benzene rings is 4. The molecular formula is C29H23BrCl3N3O5S. The molecule has 8 nitrogen and oxygen atoms in total. The van der Waals surface area contributed by atoms with E-state index >= 15 is 0 Å². The van der Waals surface area contributed by atoms with Gasteiger partial charge in [0.15, 0.2) is 11.5 Å². The summed E-state index contributed by atoms with van der Waals surface area (Å²) in [6, 6.07) is 22.7. The predicted molar refractivity (Wildman–Crippen MR) is 170 cm³/mol. The molecule has 0 fully saturated rings. The summed E-state index contributed by atoms with van der Waals surface area (Å²) in [6.07, 6.45) is 1.39. The number of nitrogens with zero attached hydrogens (tertiary/aromatic N) is 2. The van der Waals surface area contributed by atoms with Crippen LogP contribution in [0.15, 0.2) is 99.4 Å². The fourth-order valence-corrected chi connectivity index (χ4v) is 6.40. The minimum absolute atomic E-state index is 0.0136. The summed E-state index contributed by atoms with van der Waals surface area (Å²) in [4.78, 5) is 12.9. The molecule has 0 aliphatic heterocycles. The van der Waals surface area contributed by atoms with Gasteiger partial charge in [0.25, 0.3) is 15.9 Å². The van der Waals surface area contributed by atoms with Crippen LogP contribution in [0.2, 0.25) is 15.1 Å². The number of carbonyl (C=O) groups is 1. The van der Waals surface area contributed by atoms with Gasteiger partial charge in [-0.3, -0.25) is 9.10 Å². The molecule has 42 heavy (non-hydrogen) atoms. The van der Waals surface area contributed by atoms with Crippen LogP contribution in [-0.4, -0.2) is 34.2 Å². The molecule has 13 heteroatoms. The first-order valence-electron chi connectivity index (χ1n) is 12.2. The molecule has 0 radical (unpaired) electrons. The molecule has 0 unspecified atom stereocenters. The summed E-state index contributed by atoms with van der Waals surface area (Å²) in [5.41, 5.74) is 3.91. The monoisotopic (exact) mass is 709 g/mol. The summed E-state index contributed by atoms with van der Waals surface area (Å²) in [5.74, 6) is 0.181. The Balaban J connectivity index is 1.48. The normalized spacial score (nSPS) is 11.4. The van der Waals surface area contributed by atoms with Crippen molar-refractivity contribution in [2.24, 2.45) is 5.10 Å². The molecule has 4 aromatic carbocycles. The van der Waals surface area contributed by atoms with Gasteiger partial charge in [-0.2, -0.15) is 5.10 Å². The summed E-state index contributed by atoms with van der Waals surface area (Å²) in [5, 5.41) is 5.04. The number of amides is 1. The van der Waals surface area contributed by atoms with E-state index in [0.717, 1.165) is 9.87 Å². The van der Waals surface area contributed by atoms with Crippen molar-refractivity contribution in [2.45, 2.75) is 11.5 Å². The van der Waals surface area contributed by atoms with Gasteiger partial charge < -0.3 is 9.47 Å². The molecule has 0 aliphatic rings. The highest BCUT2D eigenvalue weighted by molar-refractivity contribution is 9.10. The number of halogens is 4. The Kier molecular flexibility index (Phi) is 10.7. The number of nitrogens with one attached hydrogen (secondary N) is 1. The molecular weight excluding hydrogens is 689 g/mol. The van der Waals surface area contributed by atoms with Gasteiger partial charge >= 0.3 is 0 Å². The molecule has 1 N–H and O–H groups in total. The van der Waals surface area contributed by atoms with Crippen molar-refractivity contribution in [3.05, 3.63) is 116 Å². The van der Waals surface area contributed by atoms with E-state index in [1.807, 2.05) is 0 Å². The second-order valence-electron chi connectivity index (χ2n) is 8.64. The molecule has 218 valence electrons. The Labute approximate surface area is 267 Å². The second-order valence-corrected chi connectivity index (χ2v) is 12.6. The summed E-state index contributed by atoms with van der Waals surface area (Å²) >= 11 is 21.9. The lowest BCUT2D eigenvalue weighted by atomic mass is 10.2. The van der Waals surface area contributed by atoms with E-state index in [1.54, 1.807) is 66.7 Å². The van der Waals surface area contributed by atoms with Crippen molar-refractivity contribution in [2.75, 3.05) is 18.0 Å². The maximum absolute atomic E-state index is 13.4. The van der Waals surface area contributed by atoms with Crippen molar-refractivity contribution in [1.82, 2.24) is 5.43 Å². The van der Waals surface area contributed by atoms with Crippen LogP contribution in [0.3, 0.4) is 0 Å². The van der Waals surface area contributed by atoms with Crippen LogP contribution in [0, 0.1) is 0 Å². The molecule has 0 aromatic heterocycles. The van der Waals surface area contributed by atoms with Gasteiger partial charge in [0.2, 0.25) is 0 Å². The Bertz CT molecular complexity index is 1720. The molecule has 0 saturated heterocycles. The second kappa shape index (κ2) is 14.3. The van der Waals surface area contributed by atoms with Gasteiger partial charge in [0, 0.05) is 0 Å². The first-order chi connectivity index (χ1) is 20.1. The molecule has 4 aromatic rings. The standard InChI is InChI=1S/C29H23BrCl3N3O5S/c1-40-27-15-20(13-22(30)29(27)41-18-19-11-12-23(31)25(33)14-19)16-34-35-28(37)17-36(26-10-6-5-9-24(26)32)42(38,39)21-7-3-2-4-8-21/h2-16H,17-18H2,1H3,(H,35,37)/b34-16-. The third kappa shape index (κ3) is 7.76. The lowest BCUT2D eigenvalue weighted by molar-refractivity contribution is -0.119. The van der Waals surface area contributed by atoms with E-state index in [-0.39, 0.29) is 22.2 Å². The van der Waals surface area contributed by atoms with Crippen molar-refractivity contribution in [3.8, 4) is 11.5 Å². The van der Waals surface area contributed by atoms with Gasteiger partial charge in [-0.15, -0.1) is 0 Å². The van der Waals surface area contributed by atoms with Crippen LogP contribution in [0.1, 0.15) is 11.1 Å². The van der Waals surface area contributed by atoms with Gasteiger partial charge in [0.1, 0.15) is 13.2 Å². The lowest BCUT2D eigenvalue weighted by Crippen LogP contribution is -2.39. The first kappa shape index (κ1) is 31.7. The Morgan fingerprint density at radius 3 is 2.36 bits per heavy atom. The summed E-state index contributed by atoms with van der Waals surface area (Å²) < 4.78 is 39.8. The number of para-hydroxylation sites is 1. The van der Waals surface area contributed by atoms with Gasteiger partial charge in [-0.25, -0.2) is 13.8 Å². The fourth-order valence-electron chi connectivity index (χ4n) is 3.76. The number of ether oxygens (including phenoxy) is 2. The van der Waals surface area contributed by atoms with E-state index in [0.29, 0.717) is 31.6 Å². The predicted octanol–water partition coefficient (Wildman–Crippen LogP) is 7.34. The average Bonchev–Trinajstić information content (AvgIpc) is 2.97. The highest BCUT2D eigenvalue weighted by Gasteiger charge is 2.28. The fraction of sp³-hybridized carbons (Fsp3) is 0.103. The molecule has 0 heterocycles. The smallest absolute Gasteiger partial charge is 0.264 e. The van der Waals surface area contributed by atoms with Crippen molar-refractivity contribution >= 4 is 78.6 Å². The van der Waals surface area contributed by atoms with Crippen LogP contribution >= 0.6 is 50.7 Å². The van der Waals surface area contributed by atoms with Crippen molar-refractivity contribution in [3.63, 3.8) is 0 Å². The third-order valence-corrected chi connectivity index (χ3v) is 9.18. The molecule has 0 bridgehead atoms. The SMILES string of the molecule is COc1cc(/C=N\NC(=O)CN(c2ccccc2Cl)S(=O)(=O)c2ccccc2)cc(Br)c1OCc1ccc(Cl)c(Cl)c1. The maximum atomic E-state index is 13.4. The molecule has 4 rings (SSSR count). The van der Waals surface area contributed by atoms with Crippen LogP contribution in [0.25, 0.3) is 0 Å². The molecule has 0 atom stereocenters. The first-order valence-corrected chi connectivity index (χ1v) is 15.6. The number of rotatable bonds is 11. The average molecular weight is 712 g/mol. The molecule has 0 spiro atoms. The number of hydrazone groups is 1. The highest BCUT2D eigenvalue weighted by Crippen LogP contribution is 2.37. The summed E-state index contributed by atoms with van der Waals surface area (Å²) in [6.45, 7) is -0.351. The molecule has 0 aliphatic carbocycles. The third-order valence-electron chi connectivity index (χ3n) is 5.76. The number of hydrogen-bond donors (Lipinski definition) is 1. The van der Waals surface area contributed by atoms with E-state index in [2.05, 4.69) is 26.5 Å². The van der Waals surface area contributed by atoms with E-state index in [1.165, 1.54) is 31.5 Å². The van der Waals surface area contributed by atoms with Gasteiger partial charge in [-0.1, -0.05) is 71.2 Å². The number of carbonyl (C=O) groups excluding carboxylic acids is 1. The molecule has 0 saturated carbocycles. The van der Waals surface area contributed by atoms with Crippen LogP contribution in [-0.2, 0) is 21.4 Å². The van der Waals surface area contributed by atoms with Crippen molar-refractivity contribution < 1.29 is 22.7 Å². The zero-order chi connectivity index (χ0) is 30.3. The van der Waals surface area contributed by atoms with Gasteiger partial charge in [-0.05, 0) is 75.6 Å². The zero-order valence-electron chi connectivity index (χ0n) is 21.9. The number of sulfonamides is 1. The Hall–Kier alpha value is -3.28. The molecule has 1 amide bonds. The Morgan fingerprint density at radius 2 is 1.67 bits per heavy atom. The quantitative estimate of drug-likeness (QED) is 0.130. The maximum Gasteiger partial charge on any atom is 0.264 e. The minimum atomic E-state index is -4.11.